The molecule has 1 unspecified atom stereocenters. The highest BCUT2D eigenvalue weighted by molar-refractivity contribution is 6.30. The molecule has 2 aliphatic heterocycles. The van der Waals surface area contributed by atoms with Crippen LogP contribution in [0.1, 0.15) is 51.0 Å². The lowest BCUT2D eigenvalue weighted by Gasteiger charge is -2.41. The van der Waals surface area contributed by atoms with Gasteiger partial charge in [0.2, 0.25) is 0 Å². The second kappa shape index (κ2) is 9.36. The van der Waals surface area contributed by atoms with Crippen LogP contribution in [-0.2, 0) is 17.7 Å². The van der Waals surface area contributed by atoms with Crippen molar-refractivity contribution in [1.82, 2.24) is 19.8 Å². The Balaban J connectivity index is 1.46. The maximum atomic E-state index is 6.34. The van der Waals surface area contributed by atoms with E-state index in [0.29, 0.717) is 11.2 Å². The van der Waals surface area contributed by atoms with E-state index in [0.717, 1.165) is 76.2 Å². The van der Waals surface area contributed by atoms with Crippen LogP contribution in [0.15, 0.2) is 0 Å². The van der Waals surface area contributed by atoms with E-state index < -0.39 is 0 Å². The molecule has 3 heterocycles. The number of rotatable bonds is 7. The lowest BCUT2D eigenvalue weighted by Crippen LogP contribution is -2.48. The second-order valence-corrected chi connectivity index (χ2v) is 7.92. The normalized spacial score (nSPS) is 22.4. The largest absolute Gasteiger partial charge is 0.379 e. The second-order valence-electron chi connectivity index (χ2n) is 7.56. The molecule has 0 aromatic carbocycles. The van der Waals surface area contributed by atoms with Gasteiger partial charge in [-0.1, -0.05) is 24.9 Å². The van der Waals surface area contributed by atoms with Crippen molar-refractivity contribution in [3.63, 3.8) is 0 Å². The summed E-state index contributed by atoms with van der Waals surface area (Å²) in [7, 11) is 0. The first-order valence-electron chi connectivity index (χ1n) is 9.94. The number of H-pyrrole nitrogens is 1. The first kappa shape index (κ1) is 19.2. The van der Waals surface area contributed by atoms with Crippen molar-refractivity contribution in [2.24, 2.45) is 5.92 Å². The Morgan fingerprint density at radius 3 is 2.64 bits per heavy atom. The third-order valence-electron chi connectivity index (χ3n) is 5.86. The van der Waals surface area contributed by atoms with Crippen molar-refractivity contribution in [1.29, 1.82) is 0 Å². The Morgan fingerprint density at radius 2 is 1.96 bits per heavy atom. The number of hydrogen-bond acceptors (Lipinski definition) is 4. The molecule has 25 heavy (non-hydrogen) atoms. The van der Waals surface area contributed by atoms with Gasteiger partial charge in [0, 0.05) is 32.1 Å². The molecule has 142 valence electrons. The number of halogens is 1. The smallest absolute Gasteiger partial charge is 0.151 e. The third kappa shape index (κ3) is 5.19. The zero-order valence-electron chi connectivity index (χ0n) is 15.8. The lowest BCUT2D eigenvalue weighted by atomic mass is 9.89. The van der Waals surface area contributed by atoms with Gasteiger partial charge in [-0.15, -0.1) is 0 Å². The zero-order chi connectivity index (χ0) is 17.6. The molecular formula is C19H33ClN4O. The van der Waals surface area contributed by atoms with Gasteiger partial charge >= 0.3 is 0 Å². The topological polar surface area (TPSA) is 44.4 Å². The molecule has 0 amide bonds. The molecule has 0 radical (unpaired) electrons. The molecule has 1 aromatic heterocycles. The molecule has 1 atom stereocenters. The SMILES string of the molecule is CCCCc1nc(Cl)c(CN2CCC(C(C)N3CCOCC3)CC2)[nH]1. The highest BCUT2D eigenvalue weighted by Gasteiger charge is 2.29. The summed E-state index contributed by atoms with van der Waals surface area (Å²) in [5.41, 5.74) is 1.09. The highest BCUT2D eigenvalue weighted by atomic mass is 35.5. The van der Waals surface area contributed by atoms with Crippen molar-refractivity contribution < 1.29 is 4.74 Å². The van der Waals surface area contributed by atoms with Crippen molar-refractivity contribution in [3.8, 4) is 0 Å². The van der Waals surface area contributed by atoms with Crippen molar-refractivity contribution in [3.05, 3.63) is 16.7 Å². The molecule has 3 rings (SSSR count). The minimum Gasteiger partial charge on any atom is -0.379 e. The standard InChI is InChI=1S/C19H33ClN4O/c1-3-4-5-18-21-17(19(20)22-18)14-23-8-6-16(7-9-23)15(2)24-10-12-25-13-11-24/h15-16H,3-14H2,1-2H3,(H,21,22). The van der Waals surface area contributed by atoms with Crippen LogP contribution in [0.3, 0.4) is 0 Å². The summed E-state index contributed by atoms with van der Waals surface area (Å²) in [6, 6.07) is 0.669. The van der Waals surface area contributed by atoms with Crippen LogP contribution in [0.4, 0.5) is 0 Å². The summed E-state index contributed by atoms with van der Waals surface area (Å²) >= 11 is 6.34. The molecule has 1 N–H and O–H groups in total. The van der Waals surface area contributed by atoms with Crippen molar-refractivity contribution in [2.45, 2.75) is 58.5 Å². The first-order chi connectivity index (χ1) is 12.2. The van der Waals surface area contributed by atoms with Crippen LogP contribution < -0.4 is 0 Å². The van der Waals surface area contributed by atoms with Gasteiger partial charge in [0.15, 0.2) is 5.15 Å². The molecule has 0 aliphatic carbocycles. The Morgan fingerprint density at radius 1 is 1.24 bits per heavy atom. The molecule has 2 saturated heterocycles. The van der Waals surface area contributed by atoms with Crippen LogP contribution in [0.25, 0.3) is 0 Å². The van der Waals surface area contributed by atoms with Gasteiger partial charge in [-0.25, -0.2) is 4.98 Å². The van der Waals surface area contributed by atoms with E-state index in [-0.39, 0.29) is 0 Å². The number of hydrogen-bond donors (Lipinski definition) is 1. The maximum absolute atomic E-state index is 6.34. The summed E-state index contributed by atoms with van der Waals surface area (Å²) in [5.74, 6) is 1.84. The summed E-state index contributed by atoms with van der Waals surface area (Å²) in [6.45, 7) is 11.8. The summed E-state index contributed by atoms with van der Waals surface area (Å²) in [4.78, 5) is 13.1. The van der Waals surface area contributed by atoms with Crippen molar-refractivity contribution in [2.75, 3.05) is 39.4 Å². The number of nitrogens with zero attached hydrogens (tertiary/aromatic N) is 3. The van der Waals surface area contributed by atoms with E-state index in [4.69, 9.17) is 16.3 Å². The van der Waals surface area contributed by atoms with Gasteiger partial charge in [0.1, 0.15) is 5.82 Å². The molecule has 0 bridgehead atoms. The fourth-order valence-electron chi connectivity index (χ4n) is 4.11. The van der Waals surface area contributed by atoms with E-state index in [1.807, 2.05) is 0 Å². The fraction of sp³-hybridized carbons (Fsp3) is 0.842. The number of aryl methyl sites for hydroxylation is 1. The average molecular weight is 369 g/mol. The van der Waals surface area contributed by atoms with Crippen LogP contribution in [0, 0.1) is 5.92 Å². The van der Waals surface area contributed by atoms with Crippen LogP contribution in [0.5, 0.6) is 0 Å². The minimum atomic E-state index is 0.662. The number of morpholine rings is 1. The quantitative estimate of drug-likeness (QED) is 0.801. The molecule has 6 heteroatoms. The minimum absolute atomic E-state index is 0.662. The zero-order valence-corrected chi connectivity index (χ0v) is 16.5. The van der Waals surface area contributed by atoms with Gasteiger partial charge in [-0.3, -0.25) is 9.80 Å². The lowest BCUT2D eigenvalue weighted by molar-refractivity contribution is -0.00197. The van der Waals surface area contributed by atoms with E-state index in [9.17, 15) is 0 Å². The van der Waals surface area contributed by atoms with E-state index in [1.54, 1.807) is 0 Å². The van der Waals surface area contributed by atoms with E-state index in [2.05, 4.69) is 33.6 Å². The van der Waals surface area contributed by atoms with Crippen LogP contribution in [0.2, 0.25) is 5.15 Å². The van der Waals surface area contributed by atoms with Gasteiger partial charge in [-0.2, -0.15) is 0 Å². The van der Waals surface area contributed by atoms with Crippen LogP contribution >= 0.6 is 11.6 Å². The third-order valence-corrected chi connectivity index (χ3v) is 6.17. The molecule has 0 saturated carbocycles. The fourth-order valence-corrected chi connectivity index (χ4v) is 4.32. The number of aromatic amines is 1. The molecule has 0 spiro atoms. The molecule has 5 nitrogen and oxygen atoms in total. The molecule has 2 aliphatic rings. The number of piperidine rings is 1. The van der Waals surface area contributed by atoms with Crippen molar-refractivity contribution >= 4 is 11.6 Å². The highest BCUT2D eigenvalue weighted by Crippen LogP contribution is 2.26. The predicted molar refractivity (Wildman–Crippen MR) is 102 cm³/mol. The molecule has 2 fully saturated rings. The average Bonchev–Trinajstić information content (AvgIpc) is 3.00. The summed E-state index contributed by atoms with van der Waals surface area (Å²) in [5, 5.41) is 0.662. The van der Waals surface area contributed by atoms with E-state index in [1.165, 1.54) is 19.3 Å². The van der Waals surface area contributed by atoms with Gasteiger partial charge in [0.05, 0.1) is 18.9 Å². The number of nitrogens with one attached hydrogen (secondary N) is 1. The molecular weight excluding hydrogens is 336 g/mol. The predicted octanol–water partition coefficient (Wildman–Crippen LogP) is 3.34. The number of aromatic nitrogens is 2. The number of imidazole rings is 1. The summed E-state index contributed by atoms with van der Waals surface area (Å²) in [6.07, 6.45) is 5.88. The van der Waals surface area contributed by atoms with E-state index >= 15 is 0 Å². The summed E-state index contributed by atoms with van der Waals surface area (Å²) < 4.78 is 5.49. The Bertz CT molecular complexity index is 521. The Hall–Kier alpha value is -0.620. The monoisotopic (exact) mass is 368 g/mol. The Labute approximate surface area is 157 Å². The van der Waals surface area contributed by atoms with Crippen LogP contribution in [-0.4, -0.2) is 65.2 Å². The van der Waals surface area contributed by atoms with Gasteiger partial charge in [0.25, 0.3) is 0 Å². The number of likely N-dealkylation sites (tertiary alicyclic amines) is 1. The molecule has 1 aromatic rings. The number of unbranched alkanes of at least 4 members (excludes halogenated alkanes) is 1. The number of ether oxygens (including phenoxy) is 1. The van der Waals surface area contributed by atoms with Gasteiger partial charge < -0.3 is 9.72 Å². The Kier molecular flexibility index (Phi) is 7.17. The first-order valence-corrected chi connectivity index (χ1v) is 10.3. The van der Waals surface area contributed by atoms with Gasteiger partial charge in [-0.05, 0) is 45.2 Å². The maximum Gasteiger partial charge on any atom is 0.151 e.